The highest BCUT2D eigenvalue weighted by molar-refractivity contribution is 7.09. The van der Waals surface area contributed by atoms with E-state index in [4.69, 9.17) is 4.74 Å². The molecule has 3 aromatic heterocycles. The van der Waals surface area contributed by atoms with E-state index >= 15 is 0 Å². The third-order valence-corrected chi connectivity index (χ3v) is 10.6. The molecule has 7 rings (SSSR count). The average Bonchev–Trinajstić information content (AvgIpc) is 3.72. The van der Waals surface area contributed by atoms with Gasteiger partial charge in [-0.1, -0.05) is 30.3 Å². The summed E-state index contributed by atoms with van der Waals surface area (Å²) in [5.74, 6) is 0.867. The standard InChI is InChI=1S/C36H40N6O4S/c1-25-38-27(22-47-25)20-39-16-12-30(32(21-39)26-6-4-3-5-7-26)34(43)40-18-14-36(45,15-19-40)23-41-24-37-33-31(35(41)44)13-17-42(33)28-8-10-29(46-2)11-9-28/h3-11,13,17,22,24,30,32,45H,12,14-16,18-21,23H2,1-2H3/t30-,32+/m1/s1. The smallest absolute Gasteiger partial charge is 0.262 e. The molecule has 0 bridgehead atoms. The molecule has 2 aliphatic heterocycles. The Hall–Kier alpha value is -4.32. The SMILES string of the molecule is COc1ccc(-n2ccc3c(=O)n(CC4(O)CCN(C(=O)[C@@H]5CCN(Cc6csc(C)n6)C[C@H]5c5ccccc5)CC4)cnc32)cc1. The minimum absolute atomic E-state index is 0.0830. The highest BCUT2D eigenvalue weighted by Gasteiger charge is 2.41. The summed E-state index contributed by atoms with van der Waals surface area (Å²) in [5.41, 5.74) is 2.40. The number of aliphatic hydroxyl groups is 1. The number of carbonyl (C=O) groups excluding carboxylic acids is 1. The summed E-state index contributed by atoms with van der Waals surface area (Å²) in [5, 5.41) is 15.3. The summed E-state index contributed by atoms with van der Waals surface area (Å²) in [6, 6.07) is 19.7. The molecule has 11 heteroatoms. The van der Waals surface area contributed by atoms with Gasteiger partial charge in [-0.3, -0.25) is 19.1 Å². The highest BCUT2D eigenvalue weighted by atomic mass is 32.1. The van der Waals surface area contributed by atoms with Crippen molar-refractivity contribution in [1.82, 2.24) is 28.9 Å². The molecule has 2 fully saturated rings. The summed E-state index contributed by atoms with van der Waals surface area (Å²) < 4.78 is 8.63. The molecule has 2 atom stereocenters. The van der Waals surface area contributed by atoms with Gasteiger partial charge in [0.2, 0.25) is 5.91 Å². The van der Waals surface area contributed by atoms with E-state index in [2.05, 4.69) is 32.4 Å². The van der Waals surface area contributed by atoms with E-state index in [0.29, 0.717) is 37.0 Å². The van der Waals surface area contributed by atoms with Crippen LogP contribution in [0.15, 0.2) is 83.4 Å². The summed E-state index contributed by atoms with van der Waals surface area (Å²) in [4.78, 5) is 41.2. The van der Waals surface area contributed by atoms with Gasteiger partial charge in [-0.2, -0.15) is 0 Å². The second-order valence-electron chi connectivity index (χ2n) is 12.9. The molecule has 1 amide bonds. The maximum Gasteiger partial charge on any atom is 0.262 e. The lowest BCUT2D eigenvalue weighted by Gasteiger charge is -2.43. The Morgan fingerprint density at radius 3 is 2.53 bits per heavy atom. The Labute approximate surface area is 277 Å². The molecule has 5 heterocycles. The molecule has 10 nitrogen and oxygen atoms in total. The molecule has 1 N–H and O–H groups in total. The predicted molar refractivity (Wildman–Crippen MR) is 182 cm³/mol. The van der Waals surface area contributed by atoms with Crippen molar-refractivity contribution < 1.29 is 14.6 Å². The first-order valence-electron chi connectivity index (χ1n) is 16.2. The average molecular weight is 653 g/mol. The number of aromatic nitrogens is 4. The number of amides is 1. The van der Waals surface area contributed by atoms with E-state index in [-0.39, 0.29) is 29.8 Å². The number of hydrogen-bond acceptors (Lipinski definition) is 8. The number of carbonyl (C=O) groups is 1. The Morgan fingerprint density at radius 1 is 1.06 bits per heavy atom. The van der Waals surface area contributed by atoms with Crippen molar-refractivity contribution in [1.29, 1.82) is 0 Å². The Balaban J connectivity index is 1.02. The minimum atomic E-state index is -1.11. The minimum Gasteiger partial charge on any atom is -0.497 e. The van der Waals surface area contributed by atoms with Crippen molar-refractivity contribution in [2.45, 2.75) is 50.8 Å². The van der Waals surface area contributed by atoms with Gasteiger partial charge in [0.1, 0.15) is 12.1 Å². The van der Waals surface area contributed by atoms with E-state index in [9.17, 15) is 14.7 Å². The number of thiazole rings is 1. The van der Waals surface area contributed by atoms with E-state index in [1.165, 1.54) is 16.5 Å². The molecule has 2 saturated heterocycles. The van der Waals surface area contributed by atoms with Gasteiger partial charge in [0.25, 0.3) is 5.56 Å². The molecule has 0 spiro atoms. The maximum absolute atomic E-state index is 14.1. The first-order valence-corrected chi connectivity index (χ1v) is 17.1. The van der Waals surface area contributed by atoms with Crippen molar-refractivity contribution in [3.05, 3.63) is 105 Å². The number of hydrogen-bond donors (Lipinski definition) is 1. The number of aryl methyl sites for hydroxylation is 1. The van der Waals surface area contributed by atoms with Crippen molar-refractivity contribution in [3.63, 3.8) is 0 Å². The lowest BCUT2D eigenvalue weighted by atomic mass is 9.79. The molecule has 5 aromatic rings. The zero-order valence-corrected chi connectivity index (χ0v) is 27.6. The van der Waals surface area contributed by atoms with Crippen LogP contribution in [0.4, 0.5) is 0 Å². The molecule has 0 saturated carbocycles. The van der Waals surface area contributed by atoms with Crippen LogP contribution in [0.3, 0.4) is 0 Å². The molecule has 2 aromatic carbocycles. The molecule has 47 heavy (non-hydrogen) atoms. The van der Waals surface area contributed by atoms with Gasteiger partial charge >= 0.3 is 0 Å². The first kappa shape index (κ1) is 31.3. The van der Waals surface area contributed by atoms with Gasteiger partial charge in [-0.25, -0.2) is 9.97 Å². The van der Waals surface area contributed by atoms with Gasteiger partial charge in [0.05, 0.1) is 35.3 Å². The Bertz CT molecular complexity index is 1910. The third kappa shape index (κ3) is 6.47. The Kier molecular flexibility index (Phi) is 8.69. The monoisotopic (exact) mass is 652 g/mol. The lowest BCUT2D eigenvalue weighted by Crippen LogP contribution is -2.53. The van der Waals surface area contributed by atoms with Crippen molar-refractivity contribution >= 4 is 28.3 Å². The number of fused-ring (bicyclic) bond motifs is 1. The number of benzene rings is 2. The summed E-state index contributed by atoms with van der Waals surface area (Å²) in [6.45, 7) is 5.49. The highest BCUT2D eigenvalue weighted by Crippen LogP contribution is 2.36. The van der Waals surface area contributed by atoms with E-state index < -0.39 is 5.60 Å². The molecule has 2 aliphatic rings. The Morgan fingerprint density at radius 2 is 1.83 bits per heavy atom. The second-order valence-corrected chi connectivity index (χ2v) is 13.9. The fourth-order valence-electron chi connectivity index (χ4n) is 7.18. The fourth-order valence-corrected chi connectivity index (χ4v) is 7.78. The molecular formula is C36H40N6O4S. The zero-order valence-electron chi connectivity index (χ0n) is 26.8. The van der Waals surface area contributed by atoms with Crippen molar-refractivity contribution in [3.8, 4) is 11.4 Å². The number of nitrogens with zero attached hydrogens (tertiary/aromatic N) is 6. The van der Waals surface area contributed by atoms with Crippen molar-refractivity contribution in [2.24, 2.45) is 5.92 Å². The van der Waals surface area contributed by atoms with Crippen LogP contribution >= 0.6 is 11.3 Å². The van der Waals surface area contributed by atoms with E-state index in [1.54, 1.807) is 24.5 Å². The van der Waals surface area contributed by atoms with Gasteiger partial charge in [0, 0.05) is 55.3 Å². The molecule has 0 aliphatic carbocycles. The van der Waals surface area contributed by atoms with Crippen LogP contribution in [0.1, 0.15) is 41.4 Å². The maximum atomic E-state index is 14.1. The largest absolute Gasteiger partial charge is 0.497 e. The lowest BCUT2D eigenvalue weighted by molar-refractivity contribution is -0.142. The van der Waals surface area contributed by atoms with Crippen LogP contribution in [-0.2, 0) is 17.9 Å². The predicted octanol–water partition coefficient (Wildman–Crippen LogP) is 4.62. The first-order chi connectivity index (χ1) is 22.8. The summed E-state index contributed by atoms with van der Waals surface area (Å²) in [6.07, 6.45) is 4.92. The summed E-state index contributed by atoms with van der Waals surface area (Å²) in [7, 11) is 1.62. The summed E-state index contributed by atoms with van der Waals surface area (Å²) >= 11 is 1.67. The zero-order chi connectivity index (χ0) is 32.5. The normalized spacial score (nSPS) is 20.0. The van der Waals surface area contributed by atoms with Gasteiger partial charge in [-0.05, 0) is 68.6 Å². The van der Waals surface area contributed by atoms with Gasteiger partial charge in [0.15, 0.2) is 5.65 Å². The van der Waals surface area contributed by atoms with Crippen molar-refractivity contribution in [2.75, 3.05) is 33.3 Å². The van der Waals surface area contributed by atoms with Crippen LogP contribution in [-0.4, -0.2) is 78.8 Å². The third-order valence-electron chi connectivity index (χ3n) is 9.79. The topological polar surface area (TPSA) is 106 Å². The van der Waals surface area contributed by atoms with E-state index in [1.807, 2.05) is 65.1 Å². The molecule has 0 unspecified atom stereocenters. The van der Waals surface area contributed by atoms with Crippen LogP contribution in [0, 0.1) is 12.8 Å². The molecular weight excluding hydrogens is 613 g/mol. The number of rotatable bonds is 8. The molecule has 244 valence electrons. The number of likely N-dealkylation sites (tertiary alicyclic amines) is 2. The molecule has 0 radical (unpaired) electrons. The van der Waals surface area contributed by atoms with Gasteiger partial charge in [-0.15, -0.1) is 11.3 Å². The fraction of sp³-hybridized carbons (Fsp3) is 0.389. The quantitative estimate of drug-likeness (QED) is 0.261. The second kappa shape index (κ2) is 13.1. The van der Waals surface area contributed by atoms with Crippen LogP contribution < -0.4 is 10.3 Å². The van der Waals surface area contributed by atoms with Crippen LogP contribution in [0.2, 0.25) is 0 Å². The number of methoxy groups -OCH3 is 1. The van der Waals surface area contributed by atoms with Crippen LogP contribution in [0.5, 0.6) is 5.75 Å². The number of piperidine rings is 2. The van der Waals surface area contributed by atoms with Gasteiger partial charge < -0.3 is 19.3 Å². The van der Waals surface area contributed by atoms with E-state index in [0.717, 1.165) is 48.2 Å². The number of ether oxygens (including phenoxy) is 1. The van der Waals surface area contributed by atoms with Crippen LogP contribution in [0.25, 0.3) is 16.7 Å².